The van der Waals surface area contributed by atoms with Crippen molar-refractivity contribution in [3.8, 4) is 0 Å². The van der Waals surface area contributed by atoms with Gasteiger partial charge in [0, 0.05) is 12.5 Å². The molecule has 0 atom stereocenters. The summed E-state index contributed by atoms with van der Waals surface area (Å²) >= 11 is 0. The Bertz CT molecular complexity index is 499. The molecule has 5 nitrogen and oxygen atoms in total. The molecule has 0 amide bonds. The molecule has 1 aliphatic rings. The summed E-state index contributed by atoms with van der Waals surface area (Å²) in [5.41, 5.74) is 1.74. The molecule has 1 saturated carbocycles. The molecular formula is C15H21N3O2. The minimum absolute atomic E-state index is 0.387. The van der Waals surface area contributed by atoms with E-state index in [2.05, 4.69) is 21.6 Å². The second kappa shape index (κ2) is 7.03. The van der Waals surface area contributed by atoms with Gasteiger partial charge in [-0.1, -0.05) is 30.6 Å². The topological polar surface area (TPSA) is 57.0 Å². The van der Waals surface area contributed by atoms with Gasteiger partial charge < -0.3 is 4.74 Å². The van der Waals surface area contributed by atoms with E-state index in [1.54, 1.807) is 6.08 Å². The normalized spacial score (nSPS) is 16.4. The molecule has 5 heteroatoms. The van der Waals surface area contributed by atoms with E-state index in [-0.39, 0.29) is 5.97 Å². The van der Waals surface area contributed by atoms with Crippen molar-refractivity contribution in [2.75, 3.05) is 7.11 Å². The largest absolute Gasteiger partial charge is 0.466 e. The maximum atomic E-state index is 11.2. The summed E-state index contributed by atoms with van der Waals surface area (Å²) in [6.07, 6.45) is 11.7. The fraction of sp³-hybridized carbons (Fsp3) is 0.533. The van der Waals surface area contributed by atoms with E-state index in [9.17, 15) is 4.79 Å². The molecule has 20 heavy (non-hydrogen) atoms. The van der Waals surface area contributed by atoms with Crippen LogP contribution in [0.3, 0.4) is 0 Å². The second-order valence-corrected chi connectivity index (χ2v) is 5.01. The van der Waals surface area contributed by atoms with Crippen molar-refractivity contribution < 1.29 is 9.53 Å². The molecule has 0 aromatic carbocycles. The van der Waals surface area contributed by atoms with Crippen LogP contribution in [0.25, 0.3) is 6.08 Å². The van der Waals surface area contributed by atoms with Gasteiger partial charge in [-0.25, -0.2) is 9.48 Å². The first kappa shape index (κ1) is 14.5. The molecule has 1 fully saturated rings. The fourth-order valence-electron chi connectivity index (χ4n) is 2.62. The molecule has 2 rings (SSSR count). The minimum Gasteiger partial charge on any atom is -0.466 e. The fourth-order valence-corrected chi connectivity index (χ4v) is 2.62. The lowest BCUT2D eigenvalue weighted by Crippen LogP contribution is -2.16. The van der Waals surface area contributed by atoms with Gasteiger partial charge in [0.15, 0.2) is 0 Å². The van der Waals surface area contributed by atoms with Crippen LogP contribution >= 0.6 is 0 Å². The lowest BCUT2D eigenvalue weighted by Gasteiger charge is -2.23. The van der Waals surface area contributed by atoms with Crippen LogP contribution in [0.4, 0.5) is 0 Å². The Kier molecular flexibility index (Phi) is 5.09. The number of ether oxygens (including phenoxy) is 1. The first-order valence-corrected chi connectivity index (χ1v) is 7.07. The van der Waals surface area contributed by atoms with Gasteiger partial charge in [-0.05, 0) is 18.9 Å². The maximum Gasteiger partial charge on any atom is 0.330 e. The average Bonchev–Trinajstić information content (AvgIpc) is 2.89. The standard InChI is InChI=1S/C15H21N3O2/c1-3-7-14-13(10-11-15(19)20-2)16-17-18(14)12-8-5-4-6-9-12/h3,10-12H,1,4-9H2,2H3/b11-10+. The summed E-state index contributed by atoms with van der Waals surface area (Å²) in [7, 11) is 1.36. The molecule has 0 N–H and O–H groups in total. The van der Waals surface area contributed by atoms with Gasteiger partial charge >= 0.3 is 5.97 Å². The molecule has 0 unspecified atom stereocenters. The highest BCUT2D eigenvalue weighted by Gasteiger charge is 2.20. The van der Waals surface area contributed by atoms with Crippen LogP contribution in [-0.4, -0.2) is 28.1 Å². The minimum atomic E-state index is -0.387. The smallest absolute Gasteiger partial charge is 0.330 e. The van der Waals surface area contributed by atoms with Crippen LogP contribution in [0, 0.1) is 0 Å². The van der Waals surface area contributed by atoms with Gasteiger partial charge in [0.1, 0.15) is 5.69 Å². The van der Waals surface area contributed by atoms with E-state index in [4.69, 9.17) is 0 Å². The van der Waals surface area contributed by atoms with Gasteiger partial charge in [0.25, 0.3) is 0 Å². The summed E-state index contributed by atoms with van der Waals surface area (Å²) in [5, 5.41) is 8.46. The first-order valence-electron chi connectivity index (χ1n) is 7.07. The van der Waals surface area contributed by atoms with Crippen LogP contribution in [0.15, 0.2) is 18.7 Å². The number of hydrogen-bond acceptors (Lipinski definition) is 4. The third kappa shape index (κ3) is 3.35. The summed E-state index contributed by atoms with van der Waals surface area (Å²) in [5.74, 6) is -0.387. The van der Waals surface area contributed by atoms with Crippen molar-refractivity contribution >= 4 is 12.0 Å². The molecule has 0 spiro atoms. The van der Waals surface area contributed by atoms with Crippen LogP contribution in [0.1, 0.15) is 49.5 Å². The van der Waals surface area contributed by atoms with Gasteiger partial charge in [-0.2, -0.15) is 0 Å². The third-order valence-corrected chi connectivity index (χ3v) is 3.66. The summed E-state index contributed by atoms with van der Waals surface area (Å²) in [6.45, 7) is 3.79. The zero-order valence-electron chi connectivity index (χ0n) is 11.9. The van der Waals surface area contributed by atoms with E-state index in [1.165, 1.54) is 32.4 Å². The molecule has 1 aromatic heterocycles. The van der Waals surface area contributed by atoms with Crippen molar-refractivity contribution in [3.05, 3.63) is 30.1 Å². The van der Waals surface area contributed by atoms with Crippen molar-refractivity contribution in [3.63, 3.8) is 0 Å². The molecule has 0 aliphatic heterocycles. The van der Waals surface area contributed by atoms with Crippen molar-refractivity contribution in [2.24, 2.45) is 0 Å². The Labute approximate surface area is 119 Å². The van der Waals surface area contributed by atoms with Crippen molar-refractivity contribution in [2.45, 2.75) is 44.6 Å². The number of carbonyl (C=O) groups is 1. The predicted octanol–water partition coefficient (Wildman–Crippen LogP) is 2.70. The SMILES string of the molecule is C=CCc1c(/C=C/C(=O)OC)nnn1C1CCCCC1. The number of carbonyl (C=O) groups excluding carboxylic acids is 1. The van der Waals surface area contributed by atoms with Gasteiger partial charge in [0.2, 0.25) is 0 Å². The highest BCUT2D eigenvalue weighted by Crippen LogP contribution is 2.29. The van der Waals surface area contributed by atoms with Gasteiger partial charge in [-0.3, -0.25) is 0 Å². The van der Waals surface area contributed by atoms with E-state index >= 15 is 0 Å². The molecular weight excluding hydrogens is 254 g/mol. The second-order valence-electron chi connectivity index (χ2n) is 5.01. The van der Waals surface area contributed by atoms with E-state index in [0.29, 0.717) is 12.5 Å². The molecule has 0 bridgehead atoms. The number of aromatic nitrogens is 3. The highest BCUT2D eigenvalue weighted by atomic mass is 16.5. The number of methoxy groups -OCH3 is 1. The Morgan fingerprint density at radius 3 is 2.85 bits per heavy atom. The van der Waals surface area contributed by atoms with E-state index in [1.807, 2.05) is 10.8 Å². The molecule has 1 aromatic rings. The van der Waals surface area contributed by atoms with Gasteiger partial charge in [0.05, 0.1) is 18.8 Å². The Morgan fingerprint density at radius 2 is 2.20 bits per heavy atom. The highest BCUT2D eigenvalue weighted by molar-refractivity contribution is 5.86. The van der Waals surface area contributed by atoms with Crippen LogP contribution in [0.2, 0.25) is 0 Å². The number of rotatable bonds is 5. The summed E-state index contributed by atoms with van der Waals surface area (Å²) < 4.78 is 6.61. The number of hydrogen-bond donors (Lipinski definition) is 0. The monoisotopic (exact) mass is 275 g/mol. The summed E-state index contributed by atoms with van der Waals surface area (Å²) in [6, 6.07) is 0.423. The van der Waals surface area contributed by atoms with E-state index in [0.717, 1.165) is 24.2 Å². The van der Waals surface area contributed by atoms with Crippen LogP contribution in [-0.2, 0) is 16.0 Å². The molecule has 0 saturated heterocycles. The lowest BCUT2D eigenvalue weighted by molar-refractivity contribution is -0.134. The van der Waals surface area contributed by atoms with Crippen molar-refractivity contribution in [1.82, 2.24) is 15.0 Å². The molecule has 1 aliphatic carbocycles. The number of allylic oxidation sites excluding steroid dienone is 1. The third-order valence-electron chi connectivity index (χ3n) is 3.66. The first-order chi connectivity index (χ1) is 9.76. The Hall–Kier alpha value is -1.91. The lowest BCUT2D eigenvalue weighted by atomic mass is 9.95. The number of nitrogens with zero attached hydrogens (tertiary/aromatic N) is 3. The molecule has 0 radical (unpaired) electrons. The van der Waals surface area contributed by atoms with E-state index < -0.39 is 0 Å². The Morgan fingerprint density at radius 1 is 1.45 bits per heavy atom. The average molecular weight is 275 g/mol. The molecule has 1 heterocycles. The quantitative estimate of drug-likeness (QED) is 0.471. The molecule has 108 valence electrons. The van der Waals surface area contributed by atoms with Crippen LogP contribution in [0.5, 0.6) is 0 Å². The van der Waals surface area contributed by atoms with Gasteiger partial charge in [-0.15, -0.1) is 11.7 Å². The summed E-state index contributed by atoms with van der Waals surface area (Å²) in [4.78, 5) is 11.2. The van der Waals surface area contributed by atoms with Crippen molar-refractivity contribution in [1.29, 1.82) is 0 Å². The Balaban J connectivity index is 2.24. The zero-order valence-corrected chi connectivity index (χ0v) is 11.9. The number of esters is 1. The predicted molar refractivity (Wildman–Crippen MR) is 77.1 cm³/mol. The maximum absolute atomic E-state index is 11.2. The van der Waals surface area contributed by atoms with Crippen LogP contribution < -0.4 is 0 Å². The zero-order chi connectivity index (χ0) is 14.4.